The highest BCUT2D eigenvalue weighted by Crippen LogP contribution is 2.33. The lowest BCUT2D eigenvalue weighted by atomic mass is 9.92. The first kappa shape index (κ1) is 19.7. The number of aromatic nitrogens is 1. The number of nitrogens with zero attached hydrogens (tertiary/aromatic N) is 1. The van der Waals surface area contributed by atoms with Crippen LogP contribution in [0.1, 0.15) is 29.7 Å². The van der Waals surface area contributed by atoms with Gasteiger partial charge in [0.25, 0.3) is 0 Å². The van der Waals surface area contributed by atoms with Gasteiger partial charge in [-0.2, -0.15) is 0 Å². The second-order valence-electron chi connectivity index (χ2n) is 7.61. The molecule has 2 aromatic carbocycles. The predicted molar refractivity (Wildman–Crippen MR) is 112 cm³/mol. The Kier molecular flexibility index (Phi) is 5.19. The molecule has 1 aromatic heterocycles. The molecule has 0 spiro atoms. The van der Waals surface area contributed by atoms with Gasteiger partial charge in [0.05, 0.1) is 11.3 Å². The lowest BCUT2D eigenvalue weighted by molar-refractivity contribution is -0.137. The van der Waals surface area contributed by atoms with E-state index in [9.17, 15) is 13.2 Å². The van der Waals surface area contributed by atoms with Crippen LogP contribution < -0.4 is 4.72 Å². The van der Waals surface area contributed by atoms with Gasteiger partial charge < -0.3 is 9.67 Å². The number of hydrogen-bond acceptors (Lipinski definition) is 3. The molecule has 0 fully saturated rings. The second-order valence-corrected chi connectivity index (χ2v) is 9.33. The number of aliphatic carboxylic acids is 1. The number of para-hydroxylation sites is 1. The monoisotopic (exact) mass is 412 g/mol. The summed E-state index contributed by atoms with van der Waals surface area (Å²) in [6, 6.07) is 14.6. The van der Waals surface area contributed by atoms with Crippen molar-refractivity contribution >= 4 is 26.9 Å². The number of carbonyl (C=O) groups is 1. The topological polar surface area (TPSA) is 88.4 Å². The summed E-state index contributed by atoms with van der Waals surface area (Å²) in [5.74, 6) is -0.823. The zero-order valence-corrected chi connectivity index (χ0v) is 17.1. The molecule has 2 N–H and O–H groups in total. The number of benzene rings is 2. The zero-order chi connectivity index (χ0) is 20.6. The third-order valence-corrected chi connectivity index (χ3v) is 7.11. The molecule has 7 heteroatoms. The summed E-state index contributed by atoms with van der Waals surface area (Å²) in [7, 11) is -3.58. The molecule has 0 radical (unpaired) electrons. The van der Waals surface area contributed by atoms with Crippen molar-refractivity contribution in [3.8, 4) is 0 Å². The number of rotatable bonds is 6. The number of aryl methyl sites for hydroxylation is 2. The van der Waals surface area contributed by atoms with Gasteiger partial charge in [-0.15, -0.1) is 0 Å². The van der Waals surface area contributed by atoms with Crippen LogP contribution in [-0.4, -0.2) is 30.1 Å². The van der Waals surface area contributed by atoms with Crippen molar-refractivity contribution in [2.75, 3.05) is 0 Å². The van der Waals surface area contributed by atoms with Crippen LogP contribution in [0.2, 0.25) is 0 Å². The lowest BCUT2D eigenvalue weighted by Gasteiger charge is -2.25. The van der Waals surface area contributed by atoms with E-state index in [2.05, 4.69) is 9.29 Å². The van der Waals surface area contributed by atoms with E-state index in [1.54, 1.807) is 24.3 Å². The molecular weight excluding hydrogens is 388 g/mol. The molecular formula is C22H24N2O4S. The van der Waals surface area contributed by atoms with Crippen molar-refractivity contribution in [1.29, 1.82) is 0 Å². The number of nitrogens with one attached hydrogen (secondary N) is 1. The van der Waals surface area contributed by atoms with E-state index in [0.717, 1.165) is 27.7 Å². The van der Waals surface area contributed by atoms with Gasteiger partial charge >= 0.3 is 5.97 Å². The Hall–Kier alpha value is -2.64. The molecule has 4 rings (SSSR count). The normalized spacial score (nSPS) is 16.7. The minimum atomic E-state index is -3.58. The Morgan fingerprint density at radius 1 is 1.17 bits per heavy atom. The van der Waals surface area contributed by atoms with E-state index in [-0.39, 0.29) is 17.4 Å². The largest absolute Gasteiger partial charge is 0.481 e. The molecule has 152 valence electrons. The van der Waals surface area contributed by atoms with Gasteiger partial charge in [-0.05, 0) is 49.9 Å². The summed E-state index contributed by atoms with van der Waals surface area (Å²) in [5.41, 5.74) is 4.27. The Morgan fingerprint density at radius 3 is 2.62 bits per heavy atom. The quantitative estimate of drug-likeness (QED) is 0.650. The van der Waals surface area contributed by atoms with Crippen LogP contribution in [0.15, 0.2) is 53.4 Å². The highest BCUT2D eigenvalue weighted by atomic mass is 32.2. The fourth-order valence-corrected chi connectivity index (χ4v) is 5.44. The zero-order valence-electron chi connectivity index (χ0n) is 16.3. The standard InChI is InChI=1S/C22H24N2O4S/c1-15-6-9-17(10-7-15)29(27,28)23-16-8-11-21-19(14-16)18-4-2-3-5-20(18)24(21)13-12-22(25)26/h2-7,9-10,16,23H,8,11-14H2,1H3,(H,25,26). The maximum Gasteiger partial charge on any atom is 0.305 e. The van der Waals surface area contributed by atoms with E-state index in [0.29, 0.717) is 25.8 Å². The minimum Gasteiger partial charge on any atom is -0.481 e. The molecule has 0 saturated carbocycles. The highest BCUT2D eigenvalue weighted by Gasteiger charge is 2.28. The SMILES string of the molecule is Cc1ccc(S(=O)(=O)NC2CCc3c(c4ccccc4n3CCC(=O)O)C2)cc1. The van der Waals surface area contributed by atoms with E-state index in [1.807, 2.05) is 31.2 Å². The van der Waals surface area contributed by atoms with E-state index >= 15 is 0 Å². The number of carboxylic acid groups (broad SMARTS) is 1. The fraction of sp³-hybridized carbons (Fsp3) is 0.318. The first-order valence-corrected chi connectivity index (χ1v) is 11.2. The van der Waals surface area contributed by atoms with Crippen LogP contribution in [0.3, 0.4) is 0 Å². The molecule has 0 bridgehead atoms. The maximum atomic E-state index is 12.8. The lowest BCUT2D eigenvalue weighted by Crippen LogP contribution is -2.39. The molecule has 0 saturated heterocycles. The number of carboxylic acids is 1. The van der Waals surface area contributed by atoms with Crippen LogP contribution in [0, 0.1) is 6.92 Å². The highest BCUT2D eigenvalue weighted by molar-refractivity contribution is 7.89. The average Bonchev–Trinajstić information content (AvgIpc) is 2.99. The summed E-state index contributed by atoms with van der Waals surface area (Å²) in [6.07, 6.45) is 2.06. The van der Waals surface area contributed by atoms with Crippen molar-refractivity contribution in [2.45, 2.75) is 50.1 Å². The van der Waals surface area contributed by atoms with E-state index < -0.39 is 16.0 Å². The Bertz CT molecular complexity index is 1160. The van der Waals surface area contributed by atoms with Crippen molar-refractivity contribution in [3.63, 3.8) is 0 Å². The van der Waals surface area contributed by atoms with E-state index in [1.165, 1.54) is 0 Å². The van der Waals surface area contributed by atoms with Crippen molar-refractivity contribution in [1.82, 2.24) is 9.29 Å². The molecule has 1 heterocycles. The molecule has 0 aliphatic heterocycles. The summed E-state index contributed by atoms with van der Waals surface area (Å²) in [5, 5.41) is 10.2. The minimum absolute atomic E-state index is 0.0641. The van der Waals surface area contributed by atoms with Crippen molar-refractivity contribution < 1.29 is 18.3 Å². The average molecular weight is 413 g/mol. The van der Waals surface area contributed by atoms with Gasteiger partial charge in [-0.1, -0.05) is 35.9 Å². The number of fused-ring (bicyclic) bond motifs is 3. The first-order chi connectivity index (χ1) is 13.8. The Balaban J connectivity index is 1.62. The van der Waals surface area contributed by atoms with Gasteiger partial charge in [-0.3, -0.25) is 4.79 Å². The van der Waals surface area contributed by atoms with Gasteiger partial charge in [0, 0.05) is 29.2 Å². The van der Waals surface area contributed by atoms with Crippen molar-refractivity contribution in [2.24, 2.45) is 0 Å². The Labute approximate surface area is 170 Å². The third kappa shape index (κ3) is 3.93. The molecule has 29 heavy (non-hydrogen) atoms. The smallest absolute Gasteiger partial charge is 0.305 e. The van der Waals surface area contributed by atoms with Crippen LogP contribution in [0.25, 0.3) is 10.9 Å². The Morgan fingerprint density at radius 2 is 1.90 bits per heavy atom. The van der Waals surface area contributed by atoms with Crippen molar-refractivity contribution in [3.05, 3.63) is 65.4 Å². The van der Waals surface area contributed by atoms with Gasteiger partial charge in [0.15, 0.2) is 0 Å². The van der Waals surface area contributed by atoms with Gasteiger partial charge in [-0.25, -0.2) is 13.1 Å². The fourth-order valence-electron chi connectivity index (χ4n) is 4.17. The second kappa shape index (κ2) is 7.65. The molecule has 1 unspecified atom stereocenters. The molecule has 1 aliphatic rings. The molecule has 6 nitrogen and oxygen atoms in total. The maximum absolute atomic E-state index is 12.8. The van der Waals surface area contributed by atoms with Crippen LogP contribution >= 0.6 is 0 Å². The first-order valence-electron chi connectivity index (χ1n) is 9.75. The van der Waals surface area contributed by atoms with Crippen LogP contribution in [0.4, 0.5) is 0 Å². The molecule has 1 aliphatic carbocycles. The summed E-state index contributed by atoms with van der Waals surface area (Å²) < 4.78 is 30.5. The van der Waals surface area contributed by atoms with Crippen LogP contribution in [0.5, 0.6) is 0 Å². The number of hydrogen-bond donors (Lipinski definition) is 2. The summed E-state index contributed by atoms with van der Waals surface area (Å²) >= 11 is 0. The molecule has 3 aromatic rings. The predicted octanol–water partition coefficient (Wildman–Crippen LogP) is 3.26. The summed E-state index contributed by atoms with van der Waals surface area (Å²) in [6.45, 7) is 2.34. The summed E-state index contributed by atoms with van der Waals surface area (Å²) in [4.78, 5) is 11.3. The molecule has 0 amide bonds. The third-order valence-electron chi connectivity index (χ3n) is 5.58. The number of sulfonamides is 1. The van der Waals surface area contributed by atoms with E-state index in [4.69, 9.17) is 5.11 Å². The van der Waals surface area contributed by atoms with Crippen LogP contribution in [-0.2, 0) is 34.2 Å². The van der Waals surface area contributed by atoms with Gasteiger partial charge in [0.1, 0.15) is 0 Å². The van der Waals surface area contributed by atoms with Gasteiger partial charge in [0.2, 0.25) is 10.0 Å². The molecule has 1 atom stereocenters.